The second-order valence-electron chi connectivity index (χ2n) is 4.38. The quantitative estimate of drug-likeness (QED) is 0.691. The minimum Gasteiger partial charge on any atom is -0.392 e. The number of carbonyl (C=O) groups is 1. The van der Waals surface area contributed by atoms with Crippen molar-refractivity contribution in [1.29, 1.82) is 0 Å². The van der Waals surface area contributed by atoms with E-state index in [0.29, 0.717) is 24.7 Å². The zero-order chi connectivity index (χ0) is 11.1. The van der Waals surface area contributed by atoms with Crippen LogP contribution in [0.5, 0.6) is 0 Å². The summed E-state index contributed by atoms with van der Waals surface area (Å²) in [6, 6.07) is 0. The normalized spacial score (nSPS) is 28.6. The molecule has 1 saturated heterocycles. The van der Waals surface area contributed by atoms with Crippen molar-refractivity contribution < 1.29 is 9.53 Å². The van der Waals surface area contributed by atoms with Gasteiger partial charge >= 0.3 is 0 Å². The van der Waals surface area contributed by atoms with Gasteiger partial charge in [-0.1, -0.05) is 12.2 Å². The summed E-state index contributed by atoms with van der Waals surface area (Å²) in [5, 5.41) is 0. The number of thiocarbonyl (C=S) groups is 1. The Bertz CT molecular complexity index is 302. The van der Waals surface area contributed by atoms with Crippen LogP contribution < -0.4 is 5.73 Å². The van der Waals surface area contributed by atoms with E-state index in [1.165, 1.54) is 0 Å². The van der Waals surface area contributed by atoms with Crippen LogP contribution in [0.15, 0.2) is 0 Å². The number of amides is 1. The third kappa shape index (κ3) is 1.86. The summed E-state index contributed by atoms with van der Waals surface area (Å²) in [4.78, 5) is 14.4. The fourth-order valence-electron chi connectivity index (χ4n) is 2.00. The van der Waals surface area contributed by atoms with Gasteiger partial charge in [0.05, 0.1) is 23.1 Å². The molecule has 1 unspecified atom stereocenters. The minimum absolute atomic E-state index is 0.102. The van der Waals surface area contributed by atoms with Crippen molar-refractivity contribution in [3.05, 3.63) is 0 Å². The number of nitrogens with zero attached hydrogens (tertiary/aromatic N) is 1. The SMILES string of the molecule is CC1CN(C(=O)C2(C(N)=S)CC2)CCO1. The molecule has 2 N–H and O–H groups in total. The number of hydrogen-bond donors (Lipinski definition) is 1. The van der Waals surface area contributed by atoms with E-state index in [9.17, 15) is 4.79 Å². The number of nitrogens with two attached hydrogens (primary N) is 1. The first-order chi connectivity index (χ1) is 7.06. The molecule has 0 aromatic rings. The topological polar surface area (TPSA) is 55.6 Å². The Balaban J connectivity index is 2.04. The zero-order valence-electron chi connectivity index (χ0n) is 8.86. The summed E-state index contributed by atoms with van der Waals surface area (Å²) in [5.74, 6) is 0.102. The van der Waals surface area contributed by atoms with Crippen LogP contribution in [0, 0.1) is 5.41 Å². The molecule has 4 nitrogen and oxygen atoms in total. The maximum atomic E-state index is 12.2. The van der Waals surface area contributed by atoms with Crippen LogP contribution >= 0.6 is 12.2 Å². The van der Waals surface area contributed by atoms with Crippen LogP contribution in [-0.4, -0.2) is 41.6 Å². The molecule has 2 aliphatic rings. The van der Waals surface area contributed by atoms with Gasteiger partial charge in [-0.2, -0.15) is 0 Å². The number of ether oxygens (including phenoxy) is 1. The van der Waals surface area contributed by atoms with E-state index >= 15 is 0 Å². The van der Waals surface area contributed by atoms with Crippen LogP contribution in [0.4, 0.5) is 0 Å². The average molecular weight is 228 g/mol. The molecule has 0 spiro atoms. The van der Waals surface area contributed by atoms with Crippen molar-refractivity contribution in [3.63, 3.8) is 0 Å². The molecule has 84 valence electrons. The van der Waals surface area contributed by atoms with Crippen LogP contribution in [0.1, 0.15) is 19.8 Å². The Morgan fingerprint density at radius 3 is 2.73 bits per heavy atom. The van der Waals surface area contributed by atoms with Gasteiger partial charge in [0.15, 0.2) is 0 Å². The highest BCUT2D eigenvalue weighted by Gasteiger charge is 2.54. The monoisotopic (exact) mass is 228 g/mol. The van der Waals surface area contributed by atoms with Crippen molar-refractivity contribution in [2.24, 2.45) is 11.1 Å². The van der Waals surface area contributed by atoms with E-state index in [2.05, 4.69) is 0 Å². The Morgan fingerprint density at radius 2 is 2.27 bits per heavy atom. The summed E-state index contributed by atoms with van der Waals surface area (Å²) in [6.07, 6.45) is 1.74. The number of rotatable bonds is 2. The molecular formula is C10H16N2O2S. The Morgan fingerprint density at radius 1 is 1.60 bits per heavy atom. The molecule has 0 aromatic carbocycles. The first-order valence-corrected chi connectivity index (χ1v) is 5.68. The Labute approximate surface area is 94.7 Å². The first kappa shape index (κ1) is 10.8. The predicted octanol–water partition coefficient (Wildman–Crippen LogP) is 0.300. The lowest BCUT2D eigenvalue weighted by Gasteiger charge is -2.33. The molecule has 1 aliphatic carbocycles. The maximum Gasteiger partial charge on any atom is 0.235 e. The van der Waals surface area contributed by atoms with Gasteiger partial charge in [-0.15, -0.1) is 0 Å². The molecule has 1 amide bonds. The predicted molar refractivity (Wildman–Crippen MR) is 60.4 cm³/mol. The van der Waals surface area contributed by atoms with E-state index in [1.807, 2.05) is 11.8 Å². The van der Waals surface area contributed by atoms with Gasteiger partial charge in [0, 0.05) is 13.1 Å². The Kier molecular flexibility index (Phi) is 2.68. The third-order valence-corrected chi connectivity index (χ3v) is 3.55. The summed E-state index contributed by atoms with van der Waals surface area (Å²) < 4.78 is 5.39. The molecule has 0 aromatic heterocycles. The summed E-state index contributed by atoms with van der Waals surface area (Å²) >= 11 is 4.97. The lowest BCUT2D eigenvalue weighted by Crippen LogP contribution is -2.50. The minimum atomic E-state index is -0.508. The van der Waals surface area contributed by atoms with E-state index in [-0.39, 0.29) is 12.0 Å². The molecule has 1 saturated carbocycles. The van der Waals surface area contributed by atoms with Crippen molar-refractivity contribution >= 4 is 23.1 Å². The number of hydrogen-bond acceptors (Lipinski definition) is 3. The summed E-state index contributed by atoms with van der Waals surface area (Å²) in [6.45, 7) is 3.90. The highest BCUT2D eigenvalue weighted by Crippen LogP contribution is 2.47. The van der Waals surface area contributed by atoms with Gasteiger partial charge in [-0.3, -0.25) is 4.79 Å². The van der Waals surface area contributed by atoms with Gasteiger partial charge < -0.3 is 15.4 Å². The molecule has 2 fully saturated rings. The molecule has 2 rings (SSSR count). The van der Waals surface area contributed by atoms with Gasteiger partial charge in [0.25, 0.3) is 0 Å². The van der Waals surface area contributed by atoms with Crippen molar-refractivity contribution in [1.82, 2.24) is 4.90 Å². The van der Waals surface area contributed by atoms with Crippen molar-refractivity contribution in [2.45, 2.75) is 25.9 Å². The van der Waals surface area contributed by atoms with E-state index < -0.39 is 5.41 Å². The van der Waals surface area contributed by atoms with E-state index in [4.69, 9.17) is 22.7 Å². The average Bonchev–Trinajstić information content (AvgIpc) is 2.97. The number of carbonyl (C=O) groups excluding carboxylic acids is 1. The van der Waals surface area contributed by atoms with Crippen LogP contribution in [-0.2, 0) is 9.53 Å². The van der Waals surface area contributed by atoms with Gasteiger partial charge in [-0.05, 0) is 19.8 Å². The van der Waals surface area contributed by atoms with Crippen molar-refractivity contribution in [3.8, 4) is 0 Å². The van der Waals surface area contributed by atoms with Gasteiger partial charge in [0.2, 0.25) is 5.91 Å². The fraction of sp³-hybridized carbons (Fsp3) is 0.800. The lowest BCUT2D eigenvalue weighted by molar-refractivity contribution is -0.141. The second-order valence-corrected chi connectivity index (χ2v) is 4.82. The van der Waals surface area contributed by atoms with E-state index in [1.54, 1.807) is 0 Å². The third-order valence-electron chi connectivity index (χ3n) is 3.16. The van der Waals surface area contributed by atoms with Gasteiger partial charge in [0.1, 0.15) is 0 Å². The molecule has 1 atom stereocenters. The lowest BCUT2D eigenvalue weighted by atomic mass is 10.1. The summed E-state index contributed by atoms with van der Waals surface area (Å²) in [7, 11) is 0. The van der Waals surface area contributed by atoms with Crippen LogP contribution in [0.3, 0.4) is 0 Å². The molecule has 1 aliphatic heterocycles. The molecule has 0 bridgehead atoms. The van der Waals surface area contributed by atoms with Crippen LogP contribution in [0.2, 0.25) is 0 Å². The second kappa shape index (κ2) is 3.72. The molecule has 5 heteroatoms. The molecule has 1 heterocycles. The molecular weight excluding hydrogens is 212 g/mol. The zero-order valence-corrected chi connectivity index (χ0v) is 9.68. The highest BCUT2D eigenvalue weighted by atomic mass is 32.1. The molecule has 15 heavy (non-hydrogen) atoms. The smallest absolute Gasteiger partial charge is 0.235 e. The molecule has 0 radical (unpaired) electrons. The maximum absolute atomic E-state index is 12.2. The standard InChI is InChI=1S/C10H16N2O2S/c1-7-6-12(4-5-14-7)9(13)10(2-3-10)8(11)15/h7H,2-6H2,1H3,(H2,11,15). The fourth-order valence-corrected chi connectivity index (χ4v) is 2.29. The van der Waals surface area contributed by atoms with Gasteiger partial charge in [-0.25, -0.2) is 0 Å². The number of morpholine rings is 1. The Hall–Kier alpha value is -0.680. The van der Waals surface area contributed by atoms with E-state index in [0.717, 1.165) is 12.8 Å². The van der Waals surface area contributed by atoms with Crippen molar-refractivity contribution in [2.75, 3.05) is 19.7 Å². The van der Waals surface area contributed by atoms with Crippen LogP contribution in [0.25, 0.3) is 0 Å². The highest BCUT2D eigenvalue weighted by molar-refractivity contribution is 7.80. The first-order valence-electron chi connectivity index (χ1n) is 5.27. The summed E-state index contributed by atoms with van der Waals surface area (Å²) in [5.41, 5.74) is 5.12. The largest absolute Gasteiger partial charge is 0.392 e.